The first-order valence-corrected chi connectivity index (χ1v) is 9.95. The molecule has 7 nitrogen and oxygen atoms in total. The summed E-state index contributed by atoms with van der Waals surface area (Å²) in [7, 11) is -3.49. The molecule has 1 atom stereocenters. The Morgan fingerprint density at radius 1 is 1.28 bits per heavy atom. The van der Waals surface area contributed by atoms with E-state index in [1.807, 2.05) is 6.92 Å². The molecular formula is C17H27N3O4S. The van der Waals surface area contributed by atoms with Gasteiger partial charge < -0.3 is 15.8 Å². The molecule has 1 heterocycles. The molecule has 1 amide bonds. The van der Waals surface area contributed by atoms with Crippen LogP contribution in [0.15, 0.2) is 29.2 Å². The summed E-state index contributed by atoms with van der Waals surface area (Å²) in [5.41, 5.74) is 5.92. The Balaban J connectivity index is 1.99. The smallest absolute Gasteiger partial charge is 0.243 e. The van der Waals surface area contributed by atoms with Gasteiger partial charge in [-0.25, -0.2) is 8.42 Å². The van der Waals surface area contributed by atoms with Crippen LogP contribution in [-0.2, 0) is 26.1 Å². The van der Waals surface area contributed by atoms with Crippen LogP contribution in [0.5, 0.6) is 0 Å². The minimum absolute atomic E-state index is 0.209. The maximum atomic E-state index is 12.6. The van der Waals surface area contributed by atoms with Crippen LogP contribution in [0.1, 0.15) is 32.3 Å². The van der Waals surface area contributed by atoms with E-state index in [0.717, 1.165) is 12.0 Å². The molecule has 1 fully saturated rings. The van der Waals surface area contributed by atoms with E-state index in [9.17, 15) is 13.2 Å². The summed E-state index contributed by atoms with van der Waals surface area (Å²) in [5, 5.41) is 2.81. The Morgan fingerprint density at radius 2 is 1.88 bits per heavy atom. The number of rotatable bonds is 7. The molecule has 1 unspecified atom stereocenters. The molecule has 0 radical (unpaired) electrons. The molecule has 1 saturated heterocycles. The molecule has 0 aliphatic carbocycles. The Labute approximate surface area is 149 Å². The number of hydrogen-bond acceptors (Lipinski definition) is 5. The number of nitrogens with one attached hydrogen (secondary N) is 1. The van der Waals surface area contributed by atoms with Crippen LogP contribution in [0.25, 0.3) is 0 Å². The van der Waals surface area contributed by atoms with Gasteiger partial charge in [0.25, 0.3) is 0 Å². The zero-order valence-electron chi connectivity index (χ0n) is 14.8. The molecule has 140 valence electrons. The molecule has 3 N–H and O–H groups in total. The van der Waals surface area contributed by atoms with E-state index in [1.54, 1.807) is 31.2 Å². The number of morpholine rings is 1. The lowest BCUT2D eigenvalue weighted by atomic mass is 9.96. The van der Waals surface area contributed by atoms with Gasteiger partial charge in [-0.3, -0.25) is 4.79 Å². The fourth-order valence-electron chi connectivity index (χ4n) is 2.73. The zero-order valence-corrected chi connectivity index (χ0v) is 15.6. The molecule has 25 heavy (non-hydrogen) atoms. The lowest BCUT2D eigenvalue weighted by molar-refractivity contribution is -0.126. The van der Waals surface area contributed by atoms with Gasteiger partial charge in [0.1, 0.15) is 0 Å². The fourth-order valence-corrected chi connectivity index (χ4v) is 4.14. The van der Waals surface area contributed by atoms with Gasteiger partial charge in [0.2, 0.25) is 15.9 Å². The van der Waals surface area contributed by atoms with E-state index in [2.05, 4.69) is 5.32 Å². The van der Waals surface area contributed by atoms with Gasteiger partial charge >= 0.3 is 0 Å². The van der Waals surface area contributed by atoms with Gasteiger partial charge in [-0.15, -0.1) is 0 Å². The monoisotopic (exact) mass is 369 g/mol. The van der Waals surface area contributed by atoms with Gasteiger partial charge in [0.05, 0.1) is 23.6 Å². The minimum atomic E-state index is -3.49. The van der Waals surface area contributed by atoms with Crippen LogP contribution in [-0.4, -0.2) is 50.5 Å². The zero-order chi connectivity index (χ0) is 18.5. The standard InChI is InChI=1S/C17H27N3O4S/c1-3-8-17(2,18)16(21)19-13-14-4-6-15(7-5-14)25(22,23)20-9-11-24-12-10-20/h4-7H,3,8-13,18H2,1-2H3,(H,19,21). The molecule has 1 aliphatic rings. The van der Waals surface area contributed by atoms with Gasteiger partial charge in [0.15, 0.2) is 0 Å². The second-order valence-electron chi connectivity index (χ2n) is 6.51. The Morgan fingerprint density at radius 3 is 2.44 bits per heavy atom. The largest absolute Gasteiger partial charge is 0.379 e. The van der Waals surface area contributed by atoms with Gasteiger partial charge in [-0.2, -0.15) is 4.31 Å². The van der Waals surface area contributed by atoms with E-state index in [-0.39, 0.29) is 10.8 Å². The van der Waals surface area contributed by atoms with Crippen molar-refractivity contribution < 1.29 is 17.9 Å². The number of carbonyl (C=O) groups excluding carboxylic acids is 1. The lowest BCUT2D eigenvalue weighted by Gasteiger charge is -2.26. The fraction of sp³-hybridized carbons (Fsp3) is 0.588. The van der Waals surface area contributed by atoms with Crippen molar-refractivity contribution in [1.29, 1.82) is 0 Å². The molecule has 2 rings (SSSR count). The van der Waals surface area contributed by atoms with Gasteiger partial charge in [0, 0.05) is 19.6 Å². The molecule has 0 spiro atoms. The van der Waals surface area contributed by atoms with Crippen LogP contribution in [0.3, 0.4) is 0 Å². The molecule has 1 aromatic carbocycles. The molecule has 1 aromatic rings. The average molecular weight is 369 g/mol. The van der Waals surface area contributed by atoms with Crippen molar-refractivity contribution in [2.75, 3.05) is 26.3 Å². The third kappa shape index (κ3) is 5.01. The van der Waals surface area contributed by atoms with Crippen molar-refractivity contribution in [2.45, 2.75) is 43.7 Å². The van der Waals surface area contributed by atoms with Crippen molar-refractivity contribution >= 4 is 15.9 Å². The number of nitrogens with zero attached hydrogens (tertiary/aromatic N) is 1. The highest BCUT2D eigenvalue weighted by molar-refractivity contribution is 7.89. The number of hydrogen-bond donors (Lipinski definition) is 2. The molecule has 0 saturated carbocycles. The molecule has 0 aromatic heterocycles. The first-order chi connectivity index (χ1) is 11.8. The summed E-state index contributed by atoms with van der Waals surface area (Å²) < 4.78 is 31.7. The SMILES string of the molecule is CCCC(C)(N)C(=O)NCc1ccc(S(=O)(=O)N2CCOCC2)cc1. The molecule has 8 heteroatoms. The highest BCUT2D eigenvalue weighted by Gasteiger charge is 2.27. The van der Waals surface area contributed by atoms with Crippen molar-refractivity contribution in [3.05, 3.63) is 29.8 Å². The molecular weight excluding hydrogens is 342 g/mol. The third-order valence-electron chi connectivity index (χ3n) is 4.27. The Kier molecular flexibility index (Phi) is 6.56. The second-order valence-corrected chi connectivity index (χ2v) is 8.45. The predicted octanol–water partition coefficient (Wildman–Crippen LogP) is 0.841. The third-order valence-corrected chi connectivity index (χ3v) is 6.19. The van der Waals surface area contributed by atoms with Crippen LogP contribution < -0.4 is 11.1 Å². The minimum Gasteiger partial charge on any atom is -0.379 e. The summed E-state index contributed by atoms with van der Waals surface area (Å²) in [5.74, 6) is -0.209. The number of ether oxygens (including phenoxy) is 1. The summed E-state index contributed by atoms with van der Waals surface area (Å²) in [4.78, 5) is 12.4. The van der Waals surface area contributed by atoms with Crippen molar-refractivity contribution in [1.82, 2.24) is 9.62 Å². The lowest BCUT2D eigenvalue weighted by Crippen LogP contribution is -2.51. The van der Waals surface area contributed by atoms with Crippen LogP contribution in [0.2, 0.25) is 0 Å². The topological polar surface area (TPSA) is 102 Å². The van der Waals surface area contributed by atoms with E-state index < -0.39 is 15.6 Å². The van der Waals surface area contributed by atoms with E-state index in [1.165, 1.54) is 4.31 Å². The molecule has 1 aliphatic heterocycles. The molecule has 0 bridgehead atoms. The van der Waals surface area contributed by atoms with E-state index >= 15 is 0 Å². The summed E-state index contributed by atoms with van der Waals surface area (Å²) in [6.45, 7) is 5.57. The number of amides is 1. The normalized spacial score (nSPS) is 18.5. The summed E-state index contributed by atoms with van der Waals surface area (Å²) in [6.07, 6.45) is 1.43. The van der Waals surface area contributed by atoms with Crippen molar-refractivity contribution in [2.24, 2.45) is 5.73 Å². The highest BCUT2D eigenvalue weighted by Crippen LogP contribution is 2.18. The maximum absolute atomic E-state index is 12.6. The first-order valence-electron chi connectivity index (χ1n) is 8.51. The van der Waals surface area contributed by atoms with E-state index in [0.29, 0.717) is 39.3 Å². The van der Waals surface area contributed by atoms with Crippen LogP contribution >= 0.6 is 0 Å². The number of benzene rings is 1. The maximum Gasteiger partial charge on any atom is 0.243 e. The Bertz CT molecular complexity index is 680. The van der Waals surface area contributed by atoms with Gasteiger partial charge in [-0.1, -0.05) is 25.5 Å². The van der Waals surface area contributed by atoms with Crippen molar-refractivity contribution in [3.63, 3.8) is 0 Å². The van der Waals surface area contributed by atoms with E-state index in [4.69, 9.17) is 10.5 Å². The van der Waals surface area contributed by atoms with Crippen LogP contribution in [0, 0.1) is 0 Å². The van der Waals surface area contributed by atoms with Gasteiger partial charge in [-0.05, 0) is 31.0 Å². The quantitative estimate of drug-likeness (QED) is 0.742. The predicted molar refractivity (Wildman–Crippen MR) is 95.4 cm³/mol. The second kappa shape index (κ2) is 8.27. The van der Waals surface area contributed by atoms with Crippen LogP contribution in [0.4, 0.5) is 0 Å². The summed E-state index contributed by atoms with van der Waals surface area (Å²) >= 11 is 0. The summed E-state index contributed by atoms with van der Waals surface area (Å²) in [6, 6.07) is 6.56. The van der Waals surface area contributed by atoms with Crippen molar-refractivity contribution in [3.8, 4) is 0 Å². The number of carbonyl (C=O) groups is 1. The average Bonchev–Trinajstić information content (AvgIpc) is 2.60. The number of nitrogens with two attached hydrogens (primary N) is 1. The highest BCUT2D eigenvalue weighted by atomic mass is 32.2. The number of sulfonamides is 1. The Hall–Kier alpha value is -1.48. The first kappa shape index (κ1) is 19.8.